The van der Waals surface area contributed by atoms with Crippen LogP contribution in [0.15, 0.2) is 0 Å². The molecule has 0 bridgehead atoms. The summed E-state index contributed by atoms with van der Waals surface area (Å²) < 4.78 is 5.07. The number of ether oxygens (including phenoxy) is 1. The lowest BCUT2D eigenvalue weighted by Crippen LogP contribution is -2.44. The molecule has 0 aromatic rings. The number of hydrogen-bond acceptors (Lipinski definition) is 2. The molecule has 1 saturated carbocycles. The molecule has 1 unspecified atom stereocenters. The lowest BCUT2D eigenvalue weighted by atomic mass is 10.3. The third-order valence-corrected chi connectivity index (χ3v) is 2.70. The van der Waals surface area contributed by atoms with Gasteiger partial charge in [0.2, 0.25) is 0 Å². The van der Waals surface area contributed by atoms with E-state index in [-0.39, 0.29) is 0 Å². The van der Waals surface area contributed by atoms with Crippen molar-refractivity contribution in [3.05, 3.63) is 0 Å². The highest BCUT2D eigenvalue weighted by Gasteiger charge is 2.23. The van der Waals surface area contributed by atoms with Crippen LogP contribution in [-0.4, -0.2) is 42.9 Å². The Hall–Kier alpha value is -0.350. The van der Waals surface area contributed by atoms with Crippen molar-refractivity contribution in [1.29, 1.82) is 0 Å². The van der Waals surface area contributed by atoms with Gasteiger partial charge in [-0.25, -0.2) is 0 Å². The van der Waals surface area contributed by atoms with Gasteiger partial charge < -0.3 is 15.0 Å². The highest BCUT2D eigenvalue weighted by molar-refractivity contribution is 7.80. The van der Waals surface area contributed by atoms with Crippen molar-refractivity contribution < 1.29 is 4.74 Å². The van der Waals surface area contributed by atoms with E-state index in [1.807, 2.05) is 7.05 Å². The second-order valence-electron chi connectivity index (χ2n) is 3.64. The van der Waals surface area contributed by atoms with Gasteiger partial charge >= 0.3 is 0 Å². The summed E-state index contributed by atoms with van der Waals surface area (Å²) in [6, 6.07) is 0.966. The summed E-state index contributed by atoms with van der Waals surface area (Å²) in [7, 11) is 3.71. The standard InChI is InChI=1S/C9H18N2OS/c1-7(6-12-3)11(2)9(13)10-8-4-5-8/h7-8H,4-6H2,1-3H3,(H,10,13). The minimum Gasteiger partial charge on any atom is -0.383 e. The summed E-state index contributed by atoms with van der Waals surface area (Å²) in [5.74, 6) is 0. The van der Waals surface area contributed by atoms with Crippen molar-refractivity contribution in [1.82, 2.24) is 10.2 Å². The largest absolute Gasteiger partial charge is 0.383 e. The normalized spacial score (nSPS) is 18.1. The van der Waals surface area contributed by atoms with E-state index in [0.717, 1.165) is 5.11 Å². The minimum atomic E-state index is 0.337. The average molecular weight is 202 g/mol. The van der Waals surface area contributed by atoms with Crippen LogP contribution < -0.4 is 5.32 Å². The average Bonchev–Trinajstić information content (AvgIpc) is 2.87. The van der Waals surface area contributed by atoms with E-state index in [1.54, 1.807) is 7.11 Å². The first-order valence-corrected chi connectivity index (χ1v) is 5.08. The van der Waals surface area contributed by atoms with Crippen LogP contribution in [0.25, 0.3) is 0 Å². The van der Waals surface area contributed by atoms with Gasteiger partial charge in [0.25, 0.3) is 0 Å². The maximum absolute atomic E-state index is 5.24. The highest BCUT2D eigenvalue weighted by Crippen LogP contribution is 2.19. The van der Waals surface area contributed by atoms with Crippen molar-refractivity contribution in [3.8, 4) is 0 Å². The molecule has 13 heavy (non-hydrogen) atoms. The van der Waals surface area contributed by atoms with Gasteiger partial charge in [-0.15, -0.1) is 0 Å². The van der Waals surface area contributed by atoms with Crippen molar-refractivity contribution >= 4 is 17.3 Å². The third kappa shape index (κ3) is 3.48. The van der Waals surface area contributed by atoms with Crippen LogP contribution in [-0.2, 0) is 4.74 Å². The summed E-state index contributed by atoms with van der Waals surface area (Å²) in [6.45, 7) is 2.81. The van der Waals surface area contributed by atoms with Gasteiger partial charge in [0.1, 0.15) is 0 Å². The van der Waals surface area contributed by atoms with Crippen LogP contribution in [0.3, 0.4) is 0 Å². The topological polar surface area (TPSA) is 24.5 Å². The molecule has 0 aliphatic heterocycles. The van der Waals surface area contributed by atoms with Crippen molar-refractivity contribution in [2.24, 2.45) is 0 Å². The molecule has 0 aromatic heterocycles. The first kappa shape index (κ1) is 10.7. The number of hydrogen-bond donors (Lipinski definition) is 1. The quantitative estimate of drug-likeness (QED) is 0.687. The fraction of sp³-hybridized carbons (Fsp3) is 0.889. The molecule has 3 nitrogen and oxygen atoms in total. The fourth-order valence-electron chi connectivity index (χ4n) is 1.06. The van der Waals surface area contributed by atoms with Gasteiger partial charge in [0.15, 0.2) is 5.11 Å². The zero-order chi connectivity index (χ0) is 9.84. The lowest BCUT2D eigenvalue weighted by molar-refractivity contribution is 0.145. The SMILES string of the molecule is COCC(C)N(C)C(=S)NC1CC1. The molecular weight excluding hydrogens is 184 g/mol. The maximum atomic E-state index is 5.24. The smallest absolute Gasteiger partial charge is 0.169 e. The molecule has 1 rings (SSSR count). The first-order valence-electron chi connectivity index (χ1n) is 4.67. The van der Waals surface area contributed by atoms with Gasteiger partial charge in [0, 0.05) is 20.2 Å². The molecule has 0 aromatic carbocycles. The van der Waals surface area contributed by atoms with Crippen molar-refractivity contribution in [2.75, 3.05) is 20.8 Å². The monoisotopic (exact) mass is 202 g/mol. The Kier molecular flexibility index (Phi) is 3.93. The molecule has 4 heteroatoms. The molecule has 0 heterocycles. The van der Waals surface area contributed by atoms with E-state index in [2.05, 4.69) is 17.1 Å². The van der Waals surface area contributed by atoms with E-state index < -0.39 is 0 Å². The van der Waals surface area contributed by atoms with E-state index in [0.29, 0.717) is 18.7 Å². The maximum Gasteiger partial charge on any atom is 0.169 e. The van der Waals surface area contributed by atoms with Crippen LogP contribution >= 0.6 is 12.2 Å². The van der Waals surface area contributed by atoms with E-state index in [1.165, 1.54) is 12.8 Å². The zero-order valence-corrected chi connectivity index (χ0v) is 9.36. The first-order chi connectivity index (χ1) is 6.15. The number of methoxy groups -OCH3 is 1. The van der Waals surface area contributed by atoms with Crippen LogP contribution in [0, 0.1) is 0 Å². The lowest BCUT2D eigenvalue weighted by Gasteiger charge is -2.27. The third-order valence-electron chi connectivity index (χ3n) is 2.29. The van der Waals surface area contributed by atoms with E-state index in [4.69, 9.17) is 17.0 Å². The van der Waals surface area contributed by atoms with Crippen LogP contribution in [0.4, 0.5) is 0 Å². The number of nitrogens with one attached hydrogen (secondary N) is 1. The van der Waals surface area contributed by atoms with Gasteiger partial charge in [0.05, 0.1) is 12.6 Å². The van der Waals surface area contributed by atoms with Crippen molar-refractivity contribution in [2.45, 2.75) is 31.8 Å². The zero-order valence-electron chi connectivity index (χ0n) is 8.54. The van der Waals surface area contributed by atoms with Gasteiger partial charge in [-0.1, -0.05) is 0 Å². The molecule has 1 N–H and O–H groups in total. The minimum absolute atomic E-state index is 0.337. The molecule has 0 saturated heterocycles. The van der Waals surface area contributed by atoms with Crippen molar-refractivity contribution in [3.63, 3.8) is 0 Å². The fourth-order valence-corrected chi connectivity index (χ4v) is 1.40. The Morgan fingerprint density at radius 2 is 2.31 bits per heavy atom. The summed E-state index contributed by atoms with van der Waals surface area (Å²) in [5.41, 5.74) is 0. The summed E-state index contributed by atoms with van der Waals surface area (Å²) in [6.07, 6.45) is 2.51. The second-order valence-corrected chi connectivity index (χ2v) is 4.03. The molecule has 1 fully saturated rings. The van der Waals surface area contributed by atoms with Gasteiger partial charge in [-0.2, -0.15) is 0 Å². The Bertz CT molecular complexity index is 182. The predicted octanol–water partition coefficient (Wildman–Crippen LogP) is 0.990. The number of likely N-dealkylation sites (N-methyl/N-ethyl adjacent to an activating group) is 1. The molecule has 0 spiro atoms. The highest BCUT2D eigenvalue weighted by atomic mass is 32.1. The molecule has 1 aliphatic rings. The van der Waals surface area contributed by atoms with Crippen LogP contribution in [0.2, 0.25) is 0 Å². The molecule has 1 aliphatic carbocycles. The number of rotatable bonds is 4. The summed E-state index contributed by atoms with van der Waals surface area (Å²) >= 11 is 5.24. The Balaban J connectivity index is 2.26. The molecule has 76 valence electrons. The summed E-state index contributed by atoms with van der Waals surface area (Å²) in [4.78, 5) is 2.05. The Labute approximate surface area is 85.4 Å². The Morgan fingerprint density at radius 1 is 1.69 bits per heavy atom. The van der Waals surface area contributed by atoms with Gasteiger partial charge in [-0.05, 0) is 32.0 Å². The number of nitrogens with zero attached hydrogens (tertiary/aromatic N) is 1. The van der Waals surface area contributed by atoms with E-state index in [9.17, 15) is 0 Å². The molecule has 0 amide bonds. The molecule has 1 atom stereocenters. The number of thiocarbonyl (C=S) groups is 1. The molecule has 0 radical (unpaired) electrons. The van der Waals surface area contributed by atoms with E-state index >= 15 is 0 Å². The second kappa shape index (κ2) is 4.77. The predicted molar refractivity (Wildman–Crippen MR) is 57.9 cm³/mol. The van der Waals surface area contributed by atoms with Gasteiger partial charge in [-0.3, -0.25) is 0 Å². The summed E-state index contributed by atoms with van der Waals surface area (Å²) in [5, 5.41) is 4.13. The molecular formula is C9H18N2OS. The van der Waals surface area contributed by atoms with Crippen LogP contribution in [0.1, 0.15) is 19.8 Å². The van der Waals surface area contributed by atoms with Crippen LogP contribution in [0.5, 0.6) is 0 Å². The Morgan fingerprint density at radius 3 is 2.77 bits per heavy atom.